The number of hydrogen-bond acceptors (Lipinski definition) is 4. The Morgan fingerprint density at radius 1 is 1.31 bits per heavy atom. The molecule has 6 nitrogen and oxygen atoms in total. The number of carboxylic acids is 1. The fourth-order valence-corrected chi connectivity index (χ4v) is 1.24. The maximum atomic E-state index is 10.9. The molecule has 0 heterocycles. The summed E-state index contributed by atoms with van der Waals surface area (Å²) < 4.78 is 9.94. The van der Waals surface area contributed by atoms with E-state index in [9.17, 15) is 9.59 Å². The van der Waals surface area contributed by atoms with Crippen LogP contribution in [0.5, 0.6) is 11.5 Å². The molecule has 1 rings (SSSR count). The summed E-state index contributed by atoms with van der Waals surface area (Å²) in [4.78, 5) is 21.2. The lowest BCUT2D eigenvalue weighted by atomic mass is 10.1. The van der Waals surface area contributed by atoms with Crippen LogP contribution in [0.2, 0.25) is 0 Å². The van der Waals surface area contributed by atoms with E-state index in [2.05, 4.69) is 5.32 Å². The van der Waals surface area contributed by atoms with E-state index in [1.54, 1.807) is 0 Å². The maximum Gasteiger partial charge on any atom is 0.337 e. The molecule has 0 fully saturated rings. The summed E-state index contributed by atoms with van der Waals surface area (Å²) >= 11 is 0. The zero-order chi connectivity index (χ0) is 12.1. The van der Waals surface area contributed by atoms with Crippen molar-refractivity contribution < 1.29 is 24.2 Å². The van der Waals surface area contributed by atoms with Gasteiger partial charge in [-0.2, -0.15) is 0 Å². The highest BCUT2D eigenvalue weighted by molar-refractivity contribution is 5.97. The van der Waals surface area contributed by atoms with Gasteiger partial charge in [0, 0.05) is 12.1 Å². The second-order valence-corrected chi connectivity index (χ2v) is 2.82. The van der Waals surface area contributed by atoms with Gasteiger partial charge < -0.3 is 19.9 Å². The van der Waals surface area contributed by atoms with Gasteiger partial charge in [-0.3, -0.25) is 4.79 Å². The number of amides is 1. The normalized spacial score (nSPS) is 9.38. The van der Waals surface area contributed by atoms with Crippen LogP contribution in [0.1, 0.15) is 10.4 Å². The quantitative estimate of drug-likeness (QED) is 0.729. The number of ether oxygens (including phenoxy) is 2. The van der Waals surface area contributed by atoms with E-state index in [0.717, 1.165) is 0 Å². The lowest BCUT2D eigenvalue weighted by molar-refractivity contribution is -0.105. The van der Waals surface area contributed by atoms with Crippen molar-refractivity contribution in [2.45, 2.75) is 0 Å². The Morgan fingerprint density at radius 3 is 2.31 bits per heavy atom. The Morgan fingerprint density at radius 2 is 1.88 bits per heavy atom. The SMILES string of the molecule is COc1cc(NC=O)c(C(=O)O)cc1OC. The van der Waals surface area contributed by atoms with Gasteiger partial charge in [0.2, 0.25) is 6.41 Å². The first kappa shape index (κ1) is 11.8. The van der Waals surface area contributed by atoms with E-state index >= 15 is 0 Å². The molecule has 0 radical (unpaired) electrons. The molecule has 0 bridgehead atoms. The number of carbonyl (C=O) groups excluding carboxylic acids is 1. The predicted octanol–water partition coefficient (Wildman–Crippen LogP) is 0.970. The number of methoxy groups -OCH3 is 2. The maximum absolute atomic E-state index is 10.9. The van der Waals surface area contributed by atoms with Gasteiger partial charge in [-0.15, -0.1) is 0 Å². The number of anilines is 1. The first-order valence-corrected chi connectivity index (χ1v) is 4.33. The summed E-state index contributed by atoms with van der Waals surface area (Å²) in [6.07, 6.45) is 0.397. The highest BCUT2D eigenvalue weighted by Gasteiger charge is 2.15. The molecule has 0 atom stereocenters. The van der Waals surface area contributed by atoms with Crippen LogP contribution in [0.15, 0.2) is 12.1 Å². The van der Waals surface area contributed by atoms with E-state index in [-0.39, 0.29) is 17.0 Å². The van der Waals surface area contributed by atoms with Gasteiger partial charge in [-0.25, -0.2) is 4.79 Å². The minimum Gasteiger partial charge on any atom is -0.493 e. The standard InChI is InChI=1S/C10H11NO5/c1-15-8-3-6(10(13)14)7(11-5-12)4-9(8)16-2/h3-5H,1-2H3,(H,11,12)(H,13,14). The minimum atomic E-state index is -1.16. The molecule has 0 spiro atoms. The fourth-order valence-electron chi connectivity index (χ4n) is 1.24. The van der Waals surface area contributed by atoms with Crippen LogP contribution in [-0.2, 0) is 4.79 Å². The highest BCUT2D eigenvalue weighted by atomic mass is 16.5. The Hall–Kier alpha value is -2.24. The van der Waals surface area contributed by atoms with Crippen molar-refractivity contribution in [3.05, 3.63) is 17.7 Å². The summed E-state index contributed by atoms with van der Waals surface area (Å²) in [5.74, 6) is -0.529. The first-order chi connectivity index (χ1) is 7.63. The molecule has 0 saturated heterocycles. The average Bonchev–Trinajstić information content (AvgIpc) is 2.28. The van der Waals surface area contributed by atoms with Crippen molar-refractivity contribution in [3.63, 3.8) is 0 Å². The molecule has 16 heavy (non-hydrogen) atoms. The highest BCUT2D eigenvalue weighted by Crippen LogP contribution is 2.33. The predicted molar refractivity (Wildman–Crippen MR) is 56.2 cm³/mol. The molecular weight excluding hydrogens is 214 g/mol. The summed E-state index contributed by atoms with van der Waals surface area (Å²) in [6.45, 7) is 0. The number of aromatic carboxylic acids is 1. The molecule has 2 N–H and O–H groups in total. The number of nitrogens with one attached hydrogen (secondary N) is 1. The van der Waals surface area contributed by atoms with Crippen molar-refractivity contribution in [2.75, 3.05) is 19.5 Å². The van der Waals surface area contributed by atoms with Crippen LogP contribution in [-0.4, -0.2) is 31.7 Å². The minimum absolute atomic E-state index is 0.0650. The monoisotopic (exact) mass is 225 g/mol. The molecule has 1 aromatic carbocycles. The molecule has 0 saturated carbocycles. The van der Waals surface area contributed by atoms with Gasteiger partial charge in [-0.1, -0.05) is 0 Å². The van der Waals surface area contributed by atoms with Crippen LogP contribution in [0.4, 0.5) is 5.69 Å². The smallest absolute Gasteiger partial charge is 0.337 e. The fraction of sp³-hybridized carbons (Fsp3) is 0.200. The van der Waals surface area contributed by atoms with Crippen LogP contribution >= 0.6 is 0 Å². The van der Waals surface area contributed by atoms with Gasteiger partial charge in [0.15, 0.2) is 11.5 Å². The van der Waals surface area contributed by atoms with Crippen LogP contribution in [0.25, 0.3) is 0 Å². The van der Waals surface area contributed by atoms with Crippen molar-refractivity contribution in [1.29, 1.82) is 0 Å². The summed E-state index contributed by atoms with van der Waals surface area (Å²) in [7, 11) is 2.82. The zero-order valence-corrected chi connectivity index (χ0v) is 8.81. The second-order valence-electron chi connectivity index (χ2n) is 2.82. The Bertz CT molecular complexity index is 416. The van der Waals surface area contributed by atoms with E-state index < -0.39 is 5.97 Å². The summed E-state index contributed by atoms with van der Waals surface area (Å²) in [6, 6.07) is 2.67. The van der Waals surface area contributed by atoms with Gasteiger partial charge >= 0.3 is 5.97 Å². The molecule has 0 aliphatic rings. The van der Waals surface area contributed by atoms with Crippen molar-refractivity contribution >= 4 is 18.1 Å². The molecule has 0 unspecified atom stereocenters. The second kappa shape index (κ2) is 5.01. The number of carboxylic acid groups (broad SMARTS) is 1. The molecule has 0 aromatic heterocycles. The van der Waals surface area contributed by atoms with E-state index in [1.807, 2.05) is 0 Å². The van der Waals surface area contributed by atoms with Gasteiger partial charge in [0.25, 0.3) is 0 Å². The number of hydrogen-bond donors (Lipinski definition) is 2. The van der Waals surface area contributed by atoms with Crippen LogP contribution in [0.3, 0.4) is 0 Å². The topological polar surface area (TPSA) is 84.9 Å². The molecule has 1 aromatic rings. The lowest BCUT2D eigenvalue weighted by Gasteiger charge is -2.11. The summed E-state index contributed by atoms with van der Waals surface area (Å²) in [5, 5.41) is 11.2. The molecular formula is C10H11NO5. The third kappa shape index (κ3) is 2.22. The zero-order valence-electron chi connectivity index (χ0n) is 8.81. The average molecular weight is 225 g/mol. The first-order valence-electron chi connectivity index (χ1n) is 4.33. The molecule has 0 aliphatic carbocycles. The summed E-state index contributed by atoms with van der Waals surface area (Å²) in [5.41, 5.74) is 0.0879. The van der Waals surface area contributed by atoms with Crippen LogP contribution in [0, 0.1) is 0 Å². The van der Waals surface area contributed by atoms with E-state index in [4.69, 9.17) is 14.6 Å². The Kier molecular flexibility index (Phi) is 3.71. The van der Waals surface area contributed by atoms with Crippen molar-refractivity contribution in [3.8, 4) is 11.5 Å². The molecule has 86 valence electrons. The number of benzene rings is 1. The van der Waals surface area contributed by atoms with Gasteiger partial charge in [-0.05, 0) is 0 Å². The third-order valence-corrected chi connectivity index (χ3v) is 1.97. The molecule has 1 amide bonds. The number of carbonyl (C=O) groups is 2. The Labute approximate surface area is 91.8 Å². The van der Waals surface area contributed by atoms with Crippen molar-refractivity contribution in [2.24, 2.45) is 0 Å². The van der Waals surface area contributed by atoms with E-state index in [0.29, 0.717) is 12.2 Å². The molecule has 6 heteroatoms. The lowest BCUT2D eigenvalue weighted by Crippen LogP contribution is -2.06. The van der Waals surface area contributed by atoms with Crippen LogP contribution < -0.4 is 14.8 Å². The number of rotatable bonds is 5. The Balaban J connectivity index is 3.34. The van der Waals surface area contributed by atoms with Gasteiger partial charge in [0.1, 0.15) is 0 Å². The van der Waals surface area contributed by atoms with Crippen molar-refractivity contribution in [1.82, 2.24) is 0 Å². The van der Waals surface area contributed by atoms with E-state index in [1.165, 1.54) is 26.4 Å². The van der Waals surface area contributed by atoms with Gasteiger partial charge in [0.05, 0.1) is 25.5 Å². The largest absolute Gasteiger partial charge is 0.493 e. The molecule has 0 aliphatic heterocycles. The third-order valence-electron chi connectivity index (χ3n) is 1.97.